The largest absolute Gasteiger partial charge is 0.327 e. The third-order valence-corrected chi connectivity index (χ3v) is 2.61. The lowest BCUT2D eigenvalue weighted by atomic mass is 10.00. The first-order chi connectivity index (χ1) is 7.18. The monoisotopic (exact) mass is 202 g/mol. The number of fused-ring (bicyclic) bond motifs is 1. The first-order valence-corrected chi connectivity index (χ1v) is 5.01. The highest BCUT2D eigenvalue weighted by Gasteiger charge is 2.12. The summed E-state index contributed by atoms with van der Waals surface area (Å²) in [6, 6.07) is 3.99. The van der Waals surface area contributed by atoms with Crippen LogP contribution in [0.15, 0.2) is 24.5 Å². The van der Waals surface area contributed by atoms with Crippen LogP contribution >= 0.6 is 0 Å². The van der Waals surface area contributed by atoms with Crippen LogP contribution in [0.5, 0.6) is 0 Å². The van der Waals surface area contributed by atoms with Gasteiger partial charge in [0.15, 0.2) is 5.65 Å². The zero-order chi connectivity index (χ0) is 10.8. The van der Waals surface area contributed by atoms with Gasteiger partial charge in [-0.1, -0.05) is 6.92 Å². The van der Waals surface area contributed by atoms with Gasteiger partial charge in [-0.05, 0) is 19.1 Å². The van der Waals surface area contributed by atoms with Crippen LogP contribution in [-0.4, -0.2) is 21.0 Å². The summed E-state index contributed by atoms with van der Waals surface area (Å²) < 4.78 is 0. The number of aromatic nitrogens is 3. The van der Waals surface area contributed by atoms with Crippen molar-refractivity contribution in [1.29, 1.82) is 0 Å². The summed E-state index contributed by atoms with van der Waals surface area (Å²) in [5, 5.41) is 0. The Balaban J connectivity index is 2.47. The minimum atomic E-state index is 0.0895. The smallest absolute Gasteiger partial charge is 0.178 e. The lowest BCUT2D eigenvalue weighted by molar-refractivity contribution is 0.600. The molecular weight excluding hydrogens is 188 g/mol. The molecule has 2 unspecified atom stereocenters. The van der Waals surface area contributed by atoms with Crippen molar-refractivity contribution >= 4 is 11.2 Å². The Labute approximate surface area is 88.6 Å². The second kappa shape index (κ2) is 3.90. The molecule has 2 heterocycles. The number of hydrogen-bond donors (Lipinski definition) is 1. The quantitative estimate of drug-likeness (QED) is 0.801. The van der Waals surface area contributed by atoms with Crippen molar-refractivity contribution in [2.75, 3.05) is 0 Å². The lowest BCUT2D eigenvalue weighted by Gasteiger charge is -2.14. The van der Waals surface area contributed by atoms with Gasteiger partial charge in [0.1, 0.15) is 5.52 Å². The Hall–Kier alpha value is -1.55. The van der Waals surface area contributed by atoms with Gasteiger partial charge in [-0.15, -0.1) is 0 Å². The Morgan fingerprint density at radius 3 is 2.60 bits per heavy atom. The van der Waals surface area contributed by atoms with Crippen molar-refractivity contribution in [3.8, 4) is 0 Å². The van der Waals surface area contributed by atoms with Crippen LogP contribution in [0.25, 0.3) is 11.2 Å². The van der Waals surface area contributed by atoms with E-state index in [1.54, 1.807) is 12.4 Å². The highest BCUT2D eigenvalue weighted by molar-refractivity contribution is 5.68. The molecule has 0 spiro atoms. The van der Waals surface area contributed by atoms with Gasteiger partial charge in [0.05, 0.1) is 0 Å². The van der Waals surface area contributed by atoms with Gasteiger partial charge < -0.3 is 5.73 Å². The Bertz CT molecular complexity index is 467. The summed E-state index contributed by atoms with van der Waals surface area (Å²) in [7, 11) is 0. The molecule has 4 nitrogen and oxygen atoms in total. The van der Waals surface area contributed by atoms with Crippen molar-refractivity contribution in [1.82, 2.24) is 15.0 Å². The minimum absolute atomic E-state index is 0.0895. The van der Waals surface area contributed by atoms with E-state index in [0.717, 1.165) is 11.2 Å². The average molecular weight is 202 g/mol. The molecule has 2 aromatic heterocycles. The van der Waals surface area contributed by atoms with Gasteiger partial charge in [-0.2, -0.15) is 0 Å². The summed E-state index contributed by atoms with van der Waals surface area (Å²) in [6.07, 6.45) is 3.31. The zero-order valence-corrected chi connectivity index (χ0v) is 8.88. The fourth-order valence-corrected chi connectivity index (χ4v) is 1.39. The van der Waals surface area contributed by atoms with E-state index in [2.05, 4.69) is 21.9 Å². The van der Waals surface area contributed by atoms with Gasteiger partial charge in [0, 0.05) is 30.0 Å². The molecule has 0 amide bonds. The summed E-state index contributed by atoms with van der Waals surface area (Å²) in [5.74, 6) is 0.233. The van der Waals surface area contributed by atoms with Crippen LogP contribution in [0.1, 0.15) is 25.5 Å². The number of pyridine rings is 1. The maximum Gasteiger partial charge on any atom is 0.178 e. The van der Waals surface area contributed by atoms with E-state index in [4.69, 9.17) is 5.73 Å². The van der Waals surface area contributed by atoms with Crippen LogP contribution in [-0.2, 0) is 0 Å². The standard InChI is InChI=1S/C11H14N4/c1-7(8(2)12)9-3-4-10-11(15-9)14-6-5-13-10/h3-8H,12H2,1-2H3. The molecule has 15 heavy (non-hydrogen) atoms. The first kappa shape index (κ1) is 9.98. The summed E-state index contributed by atoms with van der Waals surface area (Å²) in [5.41, 5.74) is 8.31. The van der Waals surface area contributed by atoms with Crippen LogP contribution in [0, 0.1) is 0 Å². The summed E-state index contributed by atoms with van der Waals surface area (Å²) in [6.45, 7) is 4.04. The molecule has 78 valence electrons. The molecule has 2 rings (SSSR count). The molecule has 0 fully saturated rings. The zero-order valence-electron chi connectivity index (χ0n) is 8.88. The highest BCUT2D eigenvalue weighted by atomic mass is 14.9. The average Bonchev–Trinajstić information content (AvgIpc) is 2.27. The Morgan fingerprint density at radius 1 is 1.13 bits per heavy atom. The molecule has 0 aliphatic carbocycles. The minimum Gasteiger partial charge on any atom is -0.327 e. The number of nitrogens with zero attached hydrogens (tertiary/aromatic N) is 3. The summed E-state index contributed by atoms with van der Waals surface area (Å²) in [4.78, 5) is 12.8. The van der Waals surface area contributed by atoms with Gasteiger partial charge in [0.25, 0.3) is 0 Å². The van der Waals surface area contributed by atoms with Gasteiger partial charge >= 0.3 is 0 Å². The van der Waals surface area contributed by atoms with E-state index in [1.807, 2.05) is 19.1 Å². The normalized spacial score (nSPS) is 15.1. The molecule has 0 radical (unpaired) electrons. The van der Waals surface area contributed by atoms with Crippen molar-refractivity contribution in [3.63, 3.8) is 0 Å². The highest BCUT2D eigenvalue weighted by Crippen LogP contribution is 2.17. The second-order valence-corrected chi connectivity index (χ2v) is 3.78. The molecule has 0 saturated carbocycles. The van der Waals surface area contributed by atoms with E-state index >= 15 is 0 Å². The van der Waals surface area contributed by atoms with Gasteiger partial charge in [-0.3, -0.25) is 4.98 Å². The fourth-order valence-electron chi connectivity index (χ4n) is 1.39. The molecule has 2 aromatic rings. The molecular formula is C11H14N4. The van der Waals surface area contributed by atoms with Crippen molar-refractivity contribution in [2.24, 2.45) is 5.73 Å². The van der Waals surface area contributed by atoms with Crippen molar-refractivity contribution in [2.45, 2.75) is 25.8 Å². The van der Waals surface area contributed by atoms with Crippen LogP contribution < -0.4 is 5.73 Å². The summed E-state index contributed by atoms with van der Waals surface area (Å²) >= 11 is 0. The maximum atomic E-state index is 5.84. The fraction of sp³-hybridized carbons (Fsp3) is 0.364. The van der Waals surface area contributed by atoms with E-state index < -0.39 is 0 Å². The number of hydrogen-bond acceptors (Lipinski definition) is 4. The molecule has 0 aliphatic rings. The van der Waals surface area contributed by atoms with Crippen LogP contribution in [0.3, 0.4) is 0 Å². The molecule has 0 saturated heterocycles. The first-order valence-electron chi connectivity index (χ1n) is 5.01. The predicted molar refractivity (Wildman–Crippen MR) is 59.4 cm³/mol. The van der Waals surface area contributed by atoms with E-state index in [0.29, 0.717) is 5.65 Å². The molecule has 0 aliphatic heterocycles. The van der Waals surface area contributed by atoms with E-state index in [1.165, 1.54) is 0 Å². The lowest BCUT2D eigenvalue weighted by Crippen LogP contribution is -2.23. The molecule has 0 bridgehead atoms. The second-order valence-electron chi connectivity index (χ2n) is 3.78. The molecule has 2 N–H and O–H groups in total. The van der Waals surface area contributed by atoms with E-state index in [-0.39, 0.29) is 12.0 Å². The topological polar surface area (TPSA) is 64.7 Å². The maximum absolute atomic E-state index is 5.84. The molecule has 0 aromatic carbocycles. The third kappa shape index (κ3) is 1.94. The number of nitrogens with two attached hydrogens (primary N) is 1. The SMILES string of the molecule is CC(N)C(C)c1ccc2nccnc2n1. The Kier molecular flexibility index (Phi) is 2.60. The van der Waals surface area contributed by atoms with Crippen LogP contribution in [0.4, 0.5) is 0 Å². The van der Waals surface area contributed by atoms with Crippen molar-refractivity contribution < 1.29 is 0 Å². The van der Waals surface area contributed by atoms with E-state index in [9.17, 15) is 0 Å². The Morgan fingerprint density at radius 2 is 1.87 bits per heavy atom. The van der Waals surface area contributed by atoms with Crippen molar-refractivity contribution in [3.05, 3.63) is 30.2 Å². The third-order valence-electron chi connectivity index (χ3n) is 2.61. The molecule has 4 heteroatoms. The van der Waals surface area contributed by atoms with Gasteiger partial charge in [0.2, 0.25) is 0 Å². The van der Waals surface area contributed by atoms with Crippen LogP contribution in [0.2, 0.25) is 0 Å². The number of rotatable bonds is 2. The molecule has 2 atom stereocenters. The predicted octanol–water partition coefficient (Wildman–Crippen LogP) is 1.48. The van der Waals surface area contributed by atoms with Gasteiger partial charge in [-0.25, -0.2) is 9.97 Å².